The number of aryl methyl sites for hydroxylation is 1. The molecule has 0 aliphatic carbocycles. The maximum absolute atomic E-state index is 14.2. The topological polar surface area (TPSA) is 123 Å². The average Bonchev–Trinajstić information content (AvgIpc) is 3.66. The van der Waals surface area contributed by atoms with Crippen LogP contribution in [0.4, 0.5) is 10.1 Å². The normalized spacial score (nSPS) is 16.9. The molecule has 257 valence electrons. The number of hydrogen-bond acceptors (Lipinski definition) is 8. The highest BCUT2D eigenvalue weighted by molar-refractivity contribution is 6.30. The molecule has 51 heavy (non-hydrogen) atoms. The number of amides is 1. The molecule has 0 saturated carbocycles. The van der Waals surface area contributed by atoms with Gasteiger partial charge in [-0.3, -0.25) is 14.8 Å². The van der Waals surface area contributed by atoms with Gasteiger partial charge in [-0.2, -0.15) is 5.10 Å². The van der Waals surface area contributed by atoms with E-state index in [0.717, 1.165) is 65.2 Å². The maximum Gasteiger partial charge on any atom is 0.274 e. The fraction of sp³-hybridized carbons (Fsp3) is 0.270. The third-order valence-corrected chi connectivity index (χ3v) is 10.2. The van der Waals surface area contributed by atoms with Crippen LogP contribution in [-0.4, -0.2) is 76.6 Å². The van der Waals surface area contributed by atoms with Crippen molar-refractivity contribution in [3.63, 3.8) is 0 Å². The summed E-state index contributed by atoms with van der Waals surface area (Å²) in [5.74, 6) is 0.519. The van der Waals surface area contributed by atoms with E-state index in [-0.39, 0.29) is 30.0 Å². The zero-order chi connectivity index (χ0) is 35.1. The lowest BCUT2D eigenvalue weighted by atomic mass is 10.0. The molecular formula is C37H33ClFN8O3Si. The van der Waals surface area contributed by atoms with Gasteiger partial charge in [0.15, 0.2) is 5.65 Å². The van der Waals surface area contributed by atoms with Crippen molar-refractivity contribution in [2.45, 2.75) is 44.7 Å². The molecule has 1 fully saturated rings. The Morgan fingerprint density at radius 2 is 2.04 bits per heavy atom. The first kappa shape index (κ1) is 33.2. The number of pyridine rings is 2. The molecule has 14 heteroatoms. The van der Waals surface area contributed by atoms with Gasteiger partial charge in [-0.05, 0) is 73.9 Å². The van der Waals surface area contributed by atoms with Crippen molar-refractivity contribution in [2.24, 2.45) is 0 Å². The standard InChI is InChI=1S/C37H33ClFN8O3Si/c1-21-26-18-25(7-8-29(26)45-44-21)40-36(48)30-9-10-31-35(42-30)43-33(47(31)37(51)32-13-16-49-32)19-46-14-11-22(12-15-46)28-3-2-4-34(41-28)50-20-23-5-6-24(38)17-27(23)39/h2-11,17-18,32,37H,12-16,19-20H2,1H3,(H,40,48)(H,44,45)/t32-,37+/m0/s1. The lowest BCUT2D eigenvalue weighted by Gasteiger charge is -2.34. The molecule has 11 nitrogen and oxygen atoms in total. The third kappa shape index (κ3) is 6.89. The molecule has 3 radical (unpaired) electrons. The van der Waals surface area contributed by atoms with Crippen LogP contribution in [-0.2, 0) is 17.9 Å². The van der Waals surface area contributed by atoms with Crippen LogP contribution in [0.2, 0.25) is 5.02 Å². The lowest BCUT2D eigenvalue weighted by Crippen LogP contribution is -2.38. The van der Waals surface area contributed by atoms with Gasteiger partial charge in [0, 0.05) is 58.8 Å². The molecule has 2 aliphatic heterocycles. The Balaban J connectivity index is 0.983. The summed E-state index contributed by atoms with van der Waals surface area (Å²) >= 11 is 5.88. The summed E-state index contributed by atoms with van der Waals surface area (Å²) < 4.78 is 28.0. The first-order valence-corrected chi connectivity index (χ1v) is 17.7. The number of halogens is 2. The SMILES string of the molecule is Cc1[nH]nc2ccc(NC(=O)c3ccc4c(n3)nc(CN3CC=C(c5cccc(OCc6ccc(Cl)cc6F)n5)CC3)n4[C@H]([Si])[C@@H]3CCO3)cc12. The molecule has 2 aromatic carbocycles. The highest BCUT2D eigenvalue weighted by atomic mass is 35.5. The van der Waals surface area contributed by atoms with Crippen LogP contribution in [0.25, 0.3) is 27.6 Å². The highest BCUT2D eigenvalue weighted by Gasteiger charge is 2.30. The summed E-state index contributed by atoms with van der Waals surface area (Å²) in [4.78, 5) is 30.0. The molecule has 2 aliphatic rings. The van der Waals surface area contributed by atoms with Crippen LogP contribution in [0.5, 0.6) is 5.88 Å². The van der Waals surface area contributed by atoms with E-state index in [0.29, 0.717) is 40.9 Å². The predicted molar refractivity (Wildman–Crippen MR) is 193 cm³/mol. The summed E-state index contributed by atoms with van der Waals surface area (Å²) in [6.07, 6.45) is 3.89. The highest BCUT2D eigenvalue weighted by Crippen LogP contribution is 2.30. The number of rotatable bonds is 10. The van der Waals surface area contributed by atoms with Crippen molar-refractivity contribution in [1.29, 1.82) is 0 Å². The third-order valence-electron chi connectivity index (χ3n) is 9.33. The Labute approximate surface area is 301 Å². The number of nitrogens with zero attached hydrogens (tertiary/aromatic N) is 6. The number of carbonyl (C=O) groups is 1. The van der Waals surface area contributed by atoms with Crippen molar-refractivity contribution in [3.8, 4) is 5.88 Å². The number of carbonyl (C=O) groups excluding carboxylic acids is 1. The number of ether oxygens (including phenoxy) is 2. The van der Waals surface area contributed by atoms with Crippen LogP contribution in [0.15, 0.2) is 72.8 Å². The molecule has 0 bridgehead atoms. The molecule has 2 N–H and O–H groups in total. The molecule has 1 amide bonds. The van der Waals surface area contributed by atoms with Crippen LogP contribution in [0, 0.1) is 12.7 Å². The molecule has 1 saturated heterocycles. The molecule has 8 rings (SSSR count). The van der Waals surface area contributed by atoms with E-state index in [1.54, 1.807) is 24.3 Å². The van der Waals surface area contributed by atoms with Crippen LogP contribution >= 0.6 is 11.6 Å². The first-order chi connectivity index (χ1) is 24.8. The van der Waals surface area contributed by atoms with Crippen molar-refractivity contribution in [1.82, 2.24) is 34.6 Å². The fourth-order valence-electron chi connectivity index (χ4n) is 6.41. The van der Waals surface area contributed by atoms with E-state index in [9.17, 15) is 9.18 Å². The monoisotopic (exact) mass is 719 g/mol. The number of hydrogen-bond donors (Lipinski definition) is 2. The Hall–Kier alpha value is -4.95. The minimum atomic E-state index is -0.412. The molecule has 2 atom stereocenters. The number of anilines is 1. The molecule has 6 heterocycles. The number of nitrogens with one attached hydrogen (secondary N) is 2. The van der Waals surface area contributed by atoms with Gasteiger partial charge < -0.3 is 19.4 Å². The summed E-state index contributed by atoms with van der Waals surface area (Å²) in [6.45, 7) is 4.76. The van der Waals surface area contributed by atoms with Gasteiger partial charge in [0.1, 0.15) is 23.9 Å². The van der Waals surface area contributed by atoms with E-state index in [1.807, 2.05) is 43.3 Å². The molecular weight excluding hydrogens is 687 g/mol. The van der Waals surface area contributed by atoms with Gasteiger partial charge in [0.05, 0.1) is 39.6 Å². The fourth-order valence-corrected chi connectivity index (χ4v) is 7.12. The molecule has 0 unspecified atom stereocenters. The summed E-state index contributed by atoms with van der Waals surface area (Å²) in [5.41, 5.74) is 6.22. The number of imidazole rings is 1. The first-order valence-electron chi connectivity index (χ1n) is 16.7. The van der Waals surface area contributed by atoms with E-state index < -0.39 is 5.82 Å². The maximum atomic E-state index is 14.2. The summed E-state index contributed by atoms with van der Waals surface area (Å²) in [5, 5.41) is 11.5. The quantitative estimate of drug-likeness (QED) is 0.157. The number of H-pyrrole nitrogens is 1. The number of aromatic amines is 1. The summed E-state index contributed by atoms with van der Waals surface area (Å²) in [6, 6.07) is 19.4. The van der Waals surface area contributed by atoms with Gasteiger partial charge in [-0.1, -0.05) is 29.8 Å². The van der Waals surface area contributed by atoms with Crippen LogP contribution < -0.4 is 10.1 Å². The number of benzene rings is 2. The van der Waals surface area contributed by atoms with Crippen molar-refractivity contribution >= 4 is 61.1 Å². The van der Waals surface area contributed by atoms with Crippen molar-refractivity contribution in [2.75, 3.05) is 25.0 Å². The van der Waals surface area contributed by atoms with E-state index >= 15 is 0 Å². The minimum Gasteiger partial charge on any atom is -0.473 e. The molecule has 6 aromatic rings. The van der Waals surface area contributed by atoms with Gasteiger partial charge in [-0.25, -0.2) is 19.3 Å². The van der Waals surface area contributed by atoms with E-state index in [2.05, 4.69) is 41.3 Å². The Kier molecular flexibility index (Phi) is 9.11. The van der Waals surface area contributed by atoms with Gasteiger partial charge in [0.25, 0.3) is 5.91 Å². The van der Waals surface area contributed by atoms with E-state index in [4.69, 9.17) is 36.0 Å². The average molecular weight is 720 g/mol. The van der Waals surface area contributed by atoms with Gasteiger partial charge >= 0.3 is 0 Å². The summed E-state index contributed by atoms with van der Waals surface area (Å²) in [7, 11) is 3.94. The molecule has 4 aromatic heterocycles. The zero-order valence-corrected chi connectivity index (χ0v) is 29.5. The second kappa shape index (κ2) is 14.0. The largest absolute Gasteiger partial charge is 0.473 e. The predicted octanol–water partition coefficient (Wildman–Crippen LogP) is 6.38. The zero-order valence-electron chi connectivity index (χ0n) is 27.7. The molecule has 0 spiro atoms. The van der Waals surface area contributed by atoms with Crippen LogP contribution in [0.3, 0.4) is 0 Å². The van der Waals surface area contributed by atoms with Gasteiger partial charge in [0.2, 0.25) is 5.88 Å². The Morgan fingerprint density at radius 3 is 2.82 bits per heavy atom. The smallest absolute Gasteiger partial charge is 0.274 e. The minimum absolute atomic E-state index is 0.00620. The van der Waals surface area contributed by atoms with Gasteiger partial charge in [-0.15, -0.1) is 0 Å². The second-order valence-electron chi connectivity index (χ2n) is 12.7. The Bertz CT molecular complexity index is 2300. The van der Waals surface area contributed by atoms with Crippen molar-refractivity contribution in [3.05, 3.63) is 112 Å². The van der Waals surface area contributed by atoms with Crippen LogP contribution in [0.1, 0.15) is 51.8 Å². The number of aromatic nitrogens is 6. The van der Waals surface area contributed by atoms with Crippen molar-refractivity contribution < 1.29 is 18.7 Å². The van der Waals surface area contributed by atoms with E-state index in [1.165, 1.54) is 6.07 Å². The Morgan fingerprint density at radius 1 is 1.16 bits per heavy atom. The lowest BCUT2D eigenvalue weighted by molar-refractivity contribution is -0.0632. The second-order valence-corrected chi connectivity index (χ2v) is 13.7. The number of fused-ring (bicyclic) bond motifs is 2.